The molecule has 1 fully saturated rings. The molecule has 1 aromatic rings. The highest BCUT2D eigenvalue weighted by Gasteiger charge is 2.48. The molecule has 0 aliphatic carbocycles. The fourth-order valence-electron chi connectivity index (χ4n) is 4.02. The van der Waals surface area contributed by atoms with Crippen molar-refractivity contribution >= 4 is 11.9 Å². The summed E-state index contributed by atoms with van der Waals surface area (Å²) in [6.45, 7) is 9.41. The number of methoxy groups -OCH3 is 1. The van der Waals surface area contributed by atoms with Crippen LogP contribution in [0, 0.1) is 27.7 Å². The van der Waals surface area contributed by atoms with Crippen LogP contribution < -0.4 is 0 Å². The molecule has 0 atom stereocenters. The summed E-state index contributed by atoms with van der Waals surface area (Å²) in [4.78, 5) is 32.7. The molecule has 0 saturated carbocycles. The highest BCUT2D eigenvalue weighted by Crippen LogP contribution is 2.31. The summed E-state index contributed by atoms with van der Waals surface area (Å²) in [6, 6.07) is 2.12. The van der Waals surface area contributed by atoms with Gasteiger partial charge in [-0.05, 0) is 68.4 Å². The van der Waals surface area contributed by atoms with Gasteiger partial charge in [0, 0.05) is 20.1 Å². The molecule has 27 heavy (non-hydrogen) atoms. The lowest BCUT2D eigenvalue weighted by atomic mass is 9.85. The van der Waals surface area contributed by atoms with Crippen LogP contribution in [-0.4, -0.2) is 61.7 Å². The van der Waals surface area contributed by atoms with E-state index in [-0.39, 0.29) is 18.3 Å². The summed E-state index contributed by atoms with van der Waals surface area (Å²) in [5.74, 6) is -0.427. The number of carbonyl (C=O) groups is 2. The number of amides is 1. The SMILES string of the molecule is COC(=O)C1(N(C)C(=O)Cc2c(C)cc(C)c(C)c2C)CCN(OC)CC1. The second-order valence-corrected chi connectivity index (χ2v) is 7.50. The third-order valence-electron chi connectivity index (χ3n) is 6.23. The van der Waals surface area contributed by atoms with E-state index < -0.39 is 5.54 Å². The van der Waals surface area contributed by atoms with Crippen LogP contribution in [-0.2, 0) is 25.6 Å². The van der Waals surface area contributed by atoms with Crippen LogP contribution in [0.1, 0.15) is 40.7 Å². The molecule has 1 aromatic carbocycles. The summed E-state index contributed by atoms with van der Waals surface area (Å²) >= 11 is 0. The molecule has 0 N–H and O–H groups in total. The summed E-state index contributed by atoms with van der Waals surface area (Å²) in [5, 5.41) is 1.80. The normalized spacial score (nSPS) is 16.9. The zero-order valence-electron chi connectivity index (χ0n) is 17.6. The minimum atomic E-state index is -0.942. The first kappa shape index (κ1) is 21.4. The number of benzene rings is 1. The quantitative estimate of drug-likeness (QED) is 0.739. The van der Waals surface area contributed by atoms with Gasteiger partial charge < -0.3 is 14.5 Å². The number of esters is 1. The van der Waals surface area contributed by atoms with E-state index in [1.54, 1.807) is 24.1 Å². The van der Waals surface area contributed by atoms with Crippen molar-refractivity contribution in [2.24, 2.45) is 0 Å². The fraction of sp³-hybridized carbons (Fsp3) is 0.619. The third kappa shape index (κ3) is 4.01. The number of carbonyl (C=O) groups excluding carboxylic acids is 2. The molecule has 1 heterocycles. The molecule has 0 radical (unpaired) electrons. The minimum absolute atomic E-state index is 0.0688. The minimum Gasteiger partial charge on any atom is -0.467 e. The topological polar surface area (TPSA) is 59.1 Å². The lowest BCUT2D eigenvalue weighted by molar-refractivity contribution is -0.183. The zero-order valence-corrected chi connectivity index (χ0v) is 17.6. The van der Waals surface area contributed by atoms with Gasteiger partial charge in [-0.25, -0.2) is 4.79 Å². The van der Waals surface area contributed by atoms with Gasteiger partial charge in [-0.2, -0.15) is 5.06 Å². The van der Waals surface area contributed by atoms with Gasteiger partial charge in [0.15, 0.2) is 0 Å². The number of nitrogens with zero attached hydrogens (tertiary/aromatic N) is 2. The van der Waals surface area contributed by atoms with Crippen molar-refractivity contribution in [3.05, 3.63) is 33.9 Å². The molecule has 1 aliphatic rings. The summed E-state index contributed by atoms with van der Waals surface area (Å²) in [6.07, 6.45) is 1.25. The van der Waals surface area contributed by atoms with E-state index >= 15 is 0 Å². The lowest BCUT2D eigenvalue weighted by Gasteiger charge is -2.44. The highest BCUT2D eigenvalue weighted by molar-refractivity contribution is 5.89. The van der Waals surface area contributed by atoms with Crippen LogP contribution in [0.15, 0.2) is 6.07 Å². The van der Waals surface area contributed by atoms with Crippen molar-refractivity contribution < 1.29 is 19.2 Å². The van der Waals surface area contributed by atoms with Crippen molar-refractivity contribution in [2.45, 2.75) is 52.5 Å². The molecule has 6 heteroatoms. The molecule has 150 valence electrons. The Morgan fingerprint density at radius 2 is 1.67 bits per heavy atom. The number of hydrogen-bond donors (Lipinski definition) is 0. The largest absolute Gasteiger partial charge is 0.467 e. The molecule has 1 aliphatic heterocycles. The first-order valence-electron chi connectivity index (χ1n) is 9.38. The van der Waals surface area contributed by atoms with Crippen LogP contribution >= 0.6 is 0 Å². The smallest absolute Gasteiger partial charge is 0.331 e. The summed E-state index contributed by atoms with van der Waals surface area (Å²) in [5.41, 5.74) is 4.80. The first-order valence-corrected chi connectivity index (χ1v) is 9.38. The Morgan fingerprint density at radius 1 is 1.07 bits per heavy atom. The molecule has 0 bridgehead atoms. The van der Waals surface area contributed by atoms with Gasteiger partial charge in [-0.1, -0.05) is 6.07 Å². The average Bonchev–Trinajstić information content (AvgIpc) is 2.68. The van der Waals surface area contributed by atoms with Crippen molar-refractivity contribution in [3.63, 3.8) is 0 Å². The van der Waals surface area contributed by atoms with E-state index in [2.05, 4.69) is 26.8 Å². The number of aryl methyl sites for hydroxylation is 2. The summed E-state index contributed by atoms with van der Waals surface area (Å²) in [7, 11) is 4.71. The van der Waals surface area contributed by atoms with Crippen molar-refractivity contribution in [2.75, 3.05) is 34.4 Å². The van der Waals surface area contributed by atoms with E-state index in [0.29, 0.717) is 25.9 Å². The Bertz CT molecular complexity index is 721. The lowest BCUT2D eigenvalue weighted by Crippen LogP contribution is -2.61. The van der Waals surface area contributed by atoms with Crippen molar-refractivity contribution in [3.8, 4) is 0 Å². The standard InChI is InChI=1S/C21H32N2O4/c1-14-12-15(2)18(17(4)16(14)3)13-19(24)22(5)21(20(25)26-6)8-10-23(27-7)11-9-21/h12H,8-11,13H2,1-7H3. The molecule has 1 saturated heterocycles. The summed E-state index contributed by atoms with van der Waals surface area (Å²) < 4.78 is 5.07. The maximum absolute atomic E-state index is 13.2. The number of hydroxylamine groups is 2. The predicted octanol–water partition coefficient (Wildman–Crippen LogP) is 2.49. The van der Waals surface area contributed by atoms with Crippen LogP contribution in [0.2, 0.25) is 0 Å². The molecule has 2 rings (SSSR count). The van der Waals surface area contributed by atoms with Gasteiger partial charge in [-0.15, -0.1) is 0 Å². The molecule has 1 amide bonds. The van der Waals surface area contributed by atoms with Crippen molar-refractivity contribution in [1.29, 1.82) is 0 Å². The molecule has 0 aromatic heterocycles. The van der Waals surface area contributed by atoms with Crippen LogP contribution in [0.25, 0.3) is 0 Å². The molecular weight excluding hydrogens is 344 g/mol. The molecular formula is C21H32N2O4. The Balaban J connectivity index is 2.29. The Hall–Kier alpha value is -1.92. The fourth-order valence-corrected chi connectivity index (χ4v) is 4.02. The third-order valence-corrected chi connectivity index (χ3v) is 6.23. The van der Waals surface area contributed by atoms with E-state index in [4.69, 9.17) is 9.57 Å². The maximum Gasteiger partial charge on any atom is 0.331 e. The Kier molecular flexibility index (Phi) is 6.65. The molecule has 0 spiro atoms. The van der Waals surface area contributed by atoms with Gasteiger partial charge in [0.25, 0.3) is 0 Å². The average molecular weight is 376 g/mol. The second-order valence-electron chi connectivity index (χ2n) is 7.50. The van der Waals surface area contributed by atoms with Crippen LogP contribution in [0.5, 0.6) is 0 Å². The molecule has 0 unspecified atom stereocenters. The first-order chi connectivity index (χ1) is 12.7. The van der Waals surface area contributed by atoms with E-state index in [0.717, 1.165) is 16.7 Å². The molecule has 6 nitrogen and oxygen atoms in total. The number of likely N-dealkylation sites (N-methyl/N-ethyl adjacent to an activating group) is 1. The maximum atomic E-state index is 13.2. The number of ether oxygens (including phenoxy) is 1. The van der Waals surface area contributed by atoms with E-state index in [1.165, 1.54) is 18.2 Å². The van der Waals surface area contributed by atoms with E-state index in [9.17, 15) is 9.59 Å². The Labute approximate surface area is 162 Å². The Morgan fingerprint density at radius 3 is 2.19 bits per heavy atom. The zero-order chi connectivity index (χ0) is 20.4. The second kappa shape index (κ2) is 8.40. The van der Waals surface area contributed by atoms with Gasteiger partial charge in [0.2, 0.25) is 5.91 Å². The van der Waals surface area contributed by atoms with Gasteiger partial charge in [-0.3, -0.25) is 4.79 Å². The van der Waals surface area contributed by atoms with Gasteiger partial charge in [0.05, 0.1) is 20.6 Å². The highest BCUT2D eigenvalue weighted by atomic mass is 16.7. The number of piperidine rings is 1. The van der Waals surface area contributed by atoms with E-state index in [1.807, 2.05) is 6.92 Å². The predicted molar refractivity (Wildman–Crippen MR) is 104 cm³/mol. The monoisotopic (exact) mass is 376 g/mol. The number of rotatable bonds is 5. The van der Waals surface area contributed by atoms with Crippen LogP contribution in [0.4, 0.5) is 0 Å². The number of hydrogen-bond acceptors (Lipinski definition) is 5. The van der Waals surface area contributed by atoms with Crippen LogP contribution in [0.3, 0.4) is 0 Å². The van der Waals surface area contributed by atoms with Crippen molar-refractivity contribution in [1.82, 2.24) is 9.96 Å². The van der Waals surface area contributed by atoms with Gasteiger partial charge >= 0.3 is 5.97 Å². The van der Waals surface area contributed by atoms with Gasteiger partial charge in [0.1, 0.15) is 5.54 Å².